The Morgan fingerprint density at radius 3 is 2.44 bits per heavy atom. The topological polar surface area (TPSA) is 96.3 Å². The molecule has 1 aromatic carbocycles. The quantitative estimate of drug-likeness (QED) is 0.404. The number of benzene rings is 1. The van der Waals surface area contributed by atoms with Crippen molar-refractivity contribution in [2.75, 3.05) is 25.0 Å². The standard InChI is InChI=1S/C11H16N4O3/c1-2-12-11(16)14-8-7-13-9-3-5-10(6-4-9)15(17)18/h3-6,13H,2,7-8H2,1H3,(H2,12,14,16). The van der Waals surface area contributed by atoms with Crippen LogP contribution in [0.1, 0.15) is 6.92 Å². The molecule has 0 spiro atoms. The molecule has 0 aliphatic carbocycles. The Balaban J connectivity index is 2.27. The third kappa shape index (κ3) is 4.69. The van der Waals surface area contributed by atoms with Crippen molar-refractivity contribution in [1.82, 2.24) is 10.6 Å². The van der Waals surface area contributed by atoms with Gasteiger partial charge in [0.05, 0.1) is 4.92 Å². The largest absolute Gasteiger partial charge is 0.383 e. The van der Waals surface area contributed by atoms with Gasteiger partial charge in [0.2, 0.25) is 0 Å². The summed E-state index contributed by atoms with van der Waals surface area (Å²) < 4.78 is 0. The molecule has 0 saturated carbocycles. The zero-order valence-corrected chi connectivity index (χ0v) is 10.1. The number of hydrogen-bond donors (Lipinski definition) is 3. The van der Waals surface area contributed by atoms with Gasteiger partial charge in [0, 0.05) is 37.5 Å². The van der Waals surface area contributed by atoms with Gasteiger partial charge < -0.3 is 16.0 Å². The molecule has 0 heterocycles. The minimum Gasteiger partial charge on any atom is -0.383 e. The summed E-state index contributed by atoms with van der Waals surface area (Å²) in [6.07, 6.45) is 0. The monoisotopic (exact) mass is 252 g/mol. The van der Waals surface area contributed by atoms with Crippen molar-refractivity contribution in [1.29, 1.82) is 0 Å². The van der Waals surface area contributed by atoms with Crippen LogP contribution < -0.4 is 16.0 Å². The molecular formula is C11H16N4O3. The molecule has 0 aromatic heterocycles. The van der Waals surface area contributed by atoms with Gasteiger partial charge in [-0.25, -0.2) is 4.79 Å². The molecule has 1 rings (SSSR count). The van der Waals surface area contributed by atoms with Gasteiger partial charge in [0.1, 0.15) is 0 Å². The predicted molar refractivity (Wildman–Crippen MR) is 68.7 cm³/mol. The molecule has 0 aliphatic rings. The van der Waals surface area contributed by atoms with Crippen LogP contribution in [0, 0.1) is 10.1 Å². The van der Waals surface area contributed by atoms with Crippen molar-refractivity contribution in [3.05, 3.63) is 34.4 Å². The zero-order valence-electron chi connectivity index (χ0n) is 10.1. The third-order valence-electron chi connectivity index (χ3n) is 2.16. The lowest BCUT2D eigenvalue weighted by atomic mass is 10.3. The fourth-order valence-electron chi connectivity index (χ4n) is 1.31. The number of non-ortho nitro benzene ring substituents is 1. The number of carbonyl (C=O) groups is 1. The van der Waals surface area contributed by atoms with Crippen LogP contribution in [0.25, 0.3) is 0 Å². The number of rotatable bonds is 6. The van der Waals surface area contributed by atoms with Crippen LogP contribution in [0.15, 0.2) is 24.3 Å². The fourth-order valence-corrected chi connectivity index (χ4v) is 1.31. The Morgan fingerprint density at radius 1 is 1.22 bits per heavy atom. The summed E-state index contributed by atoms with van der Waals surface area (Å²) in [7, 11) is 0. The van der Waals surface area contributed by atoms with E-state index in [0.717, 1.165) is 5.69 Å². The Hall–Kier alpha value is -2.31. The van der Waals surface area contributed by atoms with Crippen LogP contribution in [-0.2, 0) is 0 Å². The van der Waals surface area contributed by atoms with Crippen LogP contribution in [0.4, 0.5) is 16.2 Å². The minimum absolute atomic E-state index is 0.0565. The maximum absolute atomic E-state index is 11.0. The highest BCUT2D eigenvalue weighted by atomic mass is 16.6. The number of hydrogen-bond acceptors (Lipinski definition) is 4. The molecule has 7 heteroatoms. The van der Waals surface area contributed by atoms with E-state index in [1.165, 1.54) is 12.1 Å². The molecule has 3 N–H and O–H groups in total. The molecule has 0 unspecified atom stereocenters. The maximum atomic E-state index is 11.0. The number of nitro groups is 1. The summed E-state index contributed by atoms with van der Waals surface area (Å²) in [5, 5.41) is 18.8. The Morgan fingerprint density at radius 2 is 1.89 bits per heavy atom. The van der Waals surface area contributed by atoms with Crippen LogP contribution >= 0.6 is 0 Å². The lowest BCUT2D eigenvalue weighted by Gasteiger charge is -2.08. The molecule has 0 fully saturated rings. The highest BCUT2D eigenvalue weighted by Gasteiger charge is 2.03. The van der Waals surface area contributed by atoms with E-state index in [1.807, 2.05) is 6.92 Å². The van der Waals surface area contributed by atoms with Gasteiger partial charge in [-0.05, 0) is 19.1 Å². The van der Waals surface area contributed by atoms with Crippen LogP contribution in [0.3, 0.4) is 0 Å². The predicted octanol–water partition coefficient (Wildman–Crippen LogP) is 1.33. The highest BCUT2D eigenvalue weighted by Crippen LogP contribution is 2.14. The van der Waals surface area contributed by atoms with E-state index in [4.69, 9.17) is 0 Å². The van der Waals surface area contributed by atoms with E-state index >= 15 is 0 Å². The van der Waals surface area contributed by atoms with E-state index in [9.17, 15) is 14.9 Å². The molecule has 0 bridgehead atoms. The van der Waals surface area contributed by atoms with Crippen molar-refractivity contribution in [3.63, 3.8) is 0 Å². The zero-order chi connectivity index (χ0) is 13.4. The fraction of sp³-hybridized carbons (Fsp3) is 0.364. The highest BCUT2D eigenvalue weighted by molar-refractivity contribution is 5.73. The number of urea groups is 1. The SMILES string of the molecule is CCNC(=O)NCCNc1ccc([N+](=O)[O-])cc1. The average Bonchev–Trinajstić information content (AvgIpc) is 2.35. The number of anilines is 1. The van der Waals surface area contributed by atoms with Gasteiger partial charge in [-0.1, -0.05) is 0 Å². The summed E-state index contributed by atoms with van der Waals surface area (Å²) in [5.41, 5.74) is 0.833. The van der Waals surface area contributed by atoms with Gasteiger partial charge in [-0.15, -0.1) is 0 Å². The second-order valence-electron chi connectivity index (χ2n) is 3.52. The molecule has 1 aromatic rings. The molecule has 0 saturated heterocycles. The lowest BCUT2D eigenvalue weighted by molar-refractivity contribution is -0.384. The van der Waals surface area contributed by atoms with Gasteiger partial charge in [-0.2, -0.15) is 0 Å². The summed E-state index contributed by atoms with van der Waals surface area (Å²) >= 11 is 0. The van der Waals surface area contributed by atoms with Crippen molar-refractivity contribution < 1.29 is 9.72 Å². The minimum atomic E-state index is -0.444. The molecule has 2 amide bonds. The van der Waals surface area contributed by atoms with Gasteiger partial charge in [0.25, 0.3) is 5.69 Å². The first-order chi connectivity index (χ1) is 8.63. The Bertz CT molecular complexity index is 405. The summed E-state index contributed by atoms with van der Waals surface area (Å²) in [6, 6.07) is 5.91. The number of nitrogens with one attached hydrogen (secondary N) is 3. The van der Waals surface area contributed by atoms with Crippen LogP contribution in [0.5, 0.6) is 0 Å². The first-order valence-electron chi connectivity index (χ1n) is 5.63. The van der Waals surface area contributed by atoms with Crippen molar-refractivity contribution >= 4 is 17.4 Å². The molecule has 7 nitrogen and oxygen atoms in total. The summed E-state index contributed by atoms with van der Waals surface area (Å²) in [4.78, 5) is 21.0. The molecule has 0 radical (unpaired) electrons. The molecular weight excluding hydrogens is 236 g/mol. The number of nitro benzene ring substituents is 1. The molecule has 0 atom stereocenters. The van der Waals surface area contributed by atoms with Crippen molar-refractivity contribution in [3.8, 4) is 0 Å². The van der Waals surface area contributed by atoms with Gasteiger partial charge in [0.15, 0.2) is 0 Å². The van der Waals surface area contributed by atoms with Crippen molar-refractivity contribution in [2.24, 2.45) is 0 Å². The number of amides is 2. The first kappa shape index (κ1) is 13.8. The smallest absolute Gasteiger partial charge is 0.314 e. The Labute approximate surface area is 105 Å². The number of carbonyl (C=O) groups excluding carboxylic acids is 1. The molecule has 0 aliphatic heterocycles. The van der Waals surface area contributed by atoms with E-state index in [-0.39, 0.29) is 11.7 Å². The first-order valence-corrected chi connectivity index (χ1v) is 5.63. The van der Waals surface area contributed by atoms with Gasteiger partial charge in [-0.3, -0.25) is 10.1 Å². The third-order valence-corrected chi connectivity index (χ3v) is 2.16. The maximum Gasteiger partial charge on any atom is 0.314 e. The summed E-state index contributed by atoms with van der Waals surface area (Å²) in [6.45, 7) is 3.45. The van der Waals surface area contributed by atoms with Gasteiger partial charge >= 0.3 is 6.03 Å². The second kappa shape index (κ2) is 7.10. The Kier molecular flexibility index (Phi) is 5.43. The second-order valence-corrected chi connectivity index (χ2v) is 3.52. The van der Waals surface area contributed by atoms with Crippen LogP contribution in [0.2, 0.25) is 0 Å². The van der Waals surface area contributed by atoms with Crippen LogP contribution in [-0.4, -0.2) is 30.6 Å². The van der Waals surface area contributed by atoms with E-state index in [1.54, 1.807) is 12.1 Å². The average molecular weight is 252 g/mol. The molecule has 18 heavy (non-hydrogen) atoms. The summed E-state index contributed by atoms with van der Waals surface area (Å²) in [5.74, 6) is 0. The normalized spacial score (nSPS) is 9.61. The van der Waals surface area contributed by atoms with E-state index in [2.05, 4.69) is 16.0 Å². The number of nitrogens with zero attached hydrogens (tertiary/aromatic N) is 1. The van der Waals surface area contributed by atoms with Crippen molar-refractivity contribution in [2.45, 2.75) is 6.92 Å². The molecule has 98 valence electrons. The van der Waals surface area contributed by atoms with E-state index < -0.39 is 4.92 Å². The van der Waals surface area contributed by atoms with E-state index in [0.29, 0.717) is 19.6 Å². The lowest BCUT2D eigenvalue weighted by Crippen LogP contribution is -2.37.